The molecule has 5 aliphatic carbocycles. The van der Waals surface area contributed by atoms with Crippen LogP contribution < -0.4 is 21.1 Å². The number of nitrogens with two attached hydrogens (primary N) is 1. The number of rotatable bonds is 10. The minimum absolute atomic E-state index is 0.0800. The van der Waals surface area contributed by atoms with E-state index < -0.39 is 56.2 Å². The van der Waals surface area contributed by atoms with Gasteiger partial charge in [-0.25, -0.2) is 8.42 Å². The summed E-state index contributed by atoms with van der Waals surface area (Å²) in [7, 11) is -3.79. The summed E-state index contributed by atoms with van der Waals surface area (Å²) in [5.41, 5.74) is 4.11. The van der Waals surface area contributed by atoms with Gasteiger partial charge in [0.2, 0.25) is 27.7 Å². The van der Waals surface area contributed by atoms with Crippen molar-refractivity contribution < 1.29 is 27.6 Å². The van der Waals surface area contributed by atoms with Crippen molar-refractivity contribution in [3.05, 3.63) is 0 Å². The Labute approximate surface area is 280 Å². The van der Waals surface area contributed by atoms with Crippen LogP contribution in [0.1, 0.15) is 125 Å². The summed E-state index contributed by atoms with van der Waals surface area (Å²) in [5, 5.41) is 5.51. The fourth-order valence-corrected chi connectivity index (χ4v) is 10.5. The van der Waals surface area contributed by atoms with Gasteiger partial charge in [0.15, 0.2) is 0 Å². The lowest BCUT2D eigenvalue weighted by atomic mass is 9.66. The van der Waals surface area contributed by atoms with Crippen LogP contribution in [0.2, 0.25) is 0 Å². The van der Waals surface area contributed by atoms with Gasteiger partial charge in [-0.3, -0.25) is 23.9 Å². The average molecular weight is 676 g/mol. The molecule has 1 saturated heterocycles. The van der Waals surface area contributed by atoms with Crippen molar-refractivity contribution in [1.82, 2.24) is 20.3 Å². The molecule has 11 nitrogen and oxygen atoms in total. The van der Waals surface area contributed by atoms with Crippen molar-refractivity contribution in [1.29, 1.82) is 0 Å². The number of nitrogens with one attached hydrogen (secondary N) is 3. The Morgan fingerprint density at radius 3 is 2.11 bits per heavy atom. The largest absolute Gasteiger partial charge is 0.342 e. The Hall–Kier alpha value is -2.21. The second-order valence-electron chi connectivity index (χ2n) is 17.7. The molecule has 1 spiro atoms. The van der Waals surface area contributed by atoms with E-state index in [0.717, 1.165) is 64.2 Å². The summed E-state index contributed by atoms with van der Waals surface area (Å²) in [4.78, 5) is 58.0. The monoisotopic (exact) mass is 675 g/mol. The molecule has 6 fully saturated rings. The predicted octanol–water partition coefficient (Wildman–Crippen LogP) is 3.12. The summed E-state index contributed by atoms with van der Waals surface area (Å²) in [6, 6.07) is -2.45. The molecule has 1 heterocycles. The maximum Gasteiger partial charge on any atom is 0.259 e. The first-order valence-electron chi connectivity index (χ1n) is 18.2. The molecular formula is C35H57N5O6S. The molecular weight excluding hydrogens is 618 g/mol. The van der Waals surface area contributed by atoms with Gasteiger partial charge in [0.25, 0.3) is 5.91 Å². The lowest BCUT2D eigenvalue weighted by molar-refractivity contribution is -0.145. The van der Waals surface area contributed by atoms with Crippen LogP contribution in [0.3, 0.4) is 0 Å². The van der Waals surface area contributed by atoms with Crippen molar-refractivity contribution in [2.45, 2.75) is 153 Å². The van der Waals surface area contributed by atoms with Crippen LogP contribution in [0.25, 0.3) is 0 Å². The van der Waals surface area contributed by atoms with Gasteiger partial charge in [-0.1, -0.05) is 60.3 Å². The number of nitrogens with zero attached hydrogens (tertiary/aromatic N) is 1. The zero-order valence-corrected chi connectivity index (χ0v) is 29.8. The van der Waals surface area contributed by atoms with Gasteiger partial charge in [0.05, 0.1) is 11.3 Å². The maximum absolute atomic E-state index is 14.7. The van der Waals surface area contributed by atoms with E-state index in [1.54, 1.807) is 4.90 Å². The molecule has 5 saturated carbocycles. The van der Waals surface area contributed by atoms with Crippen molar-refractivity contribution in [3.8, 4) is 0 Å². The Kier molecular flexibility index (Phi) is 8.84. The van der Waals surface area contributed by atoms with E-state index in [4.69, 9.17) is 5.73 Å². The van der Waals surface area contributed by atoms with Crippen molar-refractivity contribution in [2.24, 2.45) is 39.7 Å². The Bertz CT molecular complexity index is 1390. The smallest absolute Gasteiger partial charge is 0.259 e. The fraction of sp³-hybridized carbons (Fsp3) is 0.886. The van der Waals surface area contributed by atoms with Gasteiger partial charge >= 0.3 is 0 Å². The highest BCUT2D eigenvalue weighted by atomic mass is 32.2. The SMILES string of the molecule is CC(C)(C)[C@H](NC(=O)[C@@H](N)C1CCCCC1)C(=O)N1C[C@]2(CCCC2(C)C)C[C@H]1C(=O)N[C@]1(C(=O)NS(=O)(=O)C2CC2)C[C@H]1C1CC1. The van der Waals surface area contributed by atoms with Crippen molar-refractivity contribution in [3.63, 3.8) is 0 Å². The average Bonchev–Trinajstić information content (AvgIpc) is 3.88. The highest BCUT2D eigenvalue weighted by molar-refractivity contribution is 7.91. The molecule has 0 aromatic rings. The van der Waals surface area contributed by atoms with Crippen LogP contribution in [0.5, 0.6) is 0 Å². The van der Waals surface area contributed by atoms with E-state index in [1.165, 1.54) is 0 Å². The van der Waals surface area contributed by atoms with Gasteiger partial charge in [-0.15, -0.1) is 0 Å². The van der Waals surface area contributed by atoms with Crippen LogP contribution in [-0.2, 0) is 29.2 Å². The van der Waals surface area contributed by atoms with Crippen molar-refractivity contribution >= 4 is 33.7 Å². The highest BCUT2D eigenvalue weighted by Gasteiger charge is 2.67. The number of likely N-dealkylation sites (tertiary alicyclic amines) is 1. The van der Waals surface area contributed by atoms with E-state index in [1.807, 2.05) is 20.8 Å². The zero-order valence-electron chi connectivity index (χ0n) is 29.0. The van der Waals surface area contributed by atoms with E-state index >= 15 is 0 Å². The van der Waals surface area contributed by atoms with E-state index in [2.05, 4.69) is 29.2 Å². The molecule has 264 valence electrons. The third-order valence-corrected chi connectivity index (χ3v) is 14.7. The minimum atomic E-state index is -3.79. The second kappa shape index (κ2) is 12.0. The highest BCUT2D eigenvalue weighted by Crippen LogP contribution is 2.60. The van der Waals surface area contributed by atoms with E-state index in [0.29, 0.717) is 32.2 Å². The normalized spacial score (nSPS) is 33.7. The first-order valence-corrected chi connectivity index (χ1v) is 19.7. The Morgan fingerprint density at radius 2 is 1.55 bits per heavy atom. The molecule has 47 heavy (non-hydrogen) atoms. The molecule has 0 bridgehead atoms. The quantitative estimate of drug-likeness (QED) is 0.276. The van der Waals surface area contributed by atoms with Gasteiger partial charge in [0, 0.05) is 6.54 Å². The van der Waals surface area contributed by atoms with Crippen LogP contribution >= 0.6 is 0 Å². The van der Waals surface area contributed by atoms with Gasteiger partial charge in [-0.05, 0) is 98.2 Å². The molecule has 4 amide bonds. The number of hydrogen-bond acceptors (Lipinski definition) is 7. The summed E-state index contributed by atoms with van der Waals surface area (Å²) in [6.45, 7) is 10.5. The third kappa shape index (κ3) is 6.58. The standard InChI is InChI=1S/C35H57N5O6S/c1-32(2,3)27(37-29(42)26(36)22-10-7-6-8-11-22)30(43)40-20-34(17-9-16-33(34,4)5)19-25(40)28(41)38-35(18-24(35)21-12-13-21)31(44)39-47(45,46)23-14-15-23/h21-27H,6-20,36H2,1-5H3,(H,37,42)(H,38,41)(H,39,44)/t24-,25-,26-,27+,34-,35+/m0/s1. The number of carbonyl (C=O) groups is 4. The summed E-state index contributed by atoms with van der Waals surface area (Å²) >= 11 is 0. The lowest BCUT2D eigenvalue weighted by Gasteiger charge is -2.39. The van der Waals surface area contributed by atoms with Crippen LogP contribution in [0.4, 0.5) is 0 Å². The van der Waals surface area contributed by atoms with Gasteiger partial charge in [-0.2, -0.15) is 0 Å². The lowest BCUT2D eigenvalue weighted by Crippen LogP contribution is -2.61. The van der Waals surface area contributed by atoms with Crippen LogP contribution in [0, 0.1) is 34.0 Å². The molecule has 0 unspecified atom stereocenters. The first-order chi connectivity index (χ1) is 21.9. The Balaban J connectivity index is 1.26. The number of hydrogen-bond donors (Lipinski definition) is 4. The molecule has 1 aliphatic heterocycles. The maximum atomic E-state index is 14.7. The molecule has 6 atom stereocenters. The summed E-state index contributed by atoms with van der Waals surface area (Å²) < 4.78 is 27.8. The van der Waals surface area contributed by atoms with E-state index in [9.17, 15) is 27.6 Å². The van der Waals surface area contributed by atoms with Crippen molar-refractivity contribution in [2.75, 3.05) is 6.54 Å². The van der Waals surface area contributed by atoms with Gasteiger partial charge < -0.3 is 21.3 Å². The topological polar surface area (TPSA) is 168 Å². The molecule has 0 aromatic heterocycles. The molecule has 6 rings (SSSR count). The Morgan fingerprint density at radius 1 is 0.894 bits per heavy atom. The molecule has 0 radical (unpaired) electrons. The third-order valence-electron chi connectivity index (χ3n) is 12.9. The second-order valence-corrected chi connectivity index (χ2v) is 19.7. The number of sulfonamides is 1. The summed E-state index contributed by atoms with van der Waals surface area (Å²) in [6.07, 6.45) is 11.7. The first kappa shape index (κ1) is 34.6. The van der Waals surface area contributed by atoms with Crippen LogP contribution in [-0.4, -0.2) is 72.4 Å². The molecule has 12 heteroatoms. The molecule has 0 aromatic carbocycles. The van der Waals surface area contributed by atoms with Crippen LogP contribution in [0.15, 0.2) is 0 Å². The molecule has 5 N–H and O–H groups in total. The number of carbonyl (C=O) groups excluding carboxylic acids is 4. The zero-order chi connectivity index (χ0) is 34.2. The van der Waals surface area contributed by atoms with E-state index in [-0.39, 0.29) is 40.4 Å². The van der Waals surface area contributed by atoms with Gasteiger partial charge in [0.1, 0.15) is 17.6 Å². The number of amides is 4. The molecule has 6 aliphatic rings. The summed E-state index contributed by atoms with van der Waals surface area (Å²) in [5.74, 6) is -1.48. The fourth-order valence-electron chi connectivity index (χ4n) is 9.15. The predicted molar refractivity (Wildman–Crippen MR) is 178 cm³/mol. The minimum Gasteiger partial charge on any atom is -0.342 e.